The van der Waals surface area contributed by atoms with Gasteiger partial charge in [0.1, 0.15) is 34.9 Å². The van der Waals surface area contributed by atoms with E-state index in [0.29, 0.717) is 24.8 Å². The van der Waals surface area contributed by atoms with Gasteiger partial charge in [0.05, 0.1) is 20.3 Å². The molecule has 2 atom stereocenters. The fraction of sp³-hybridized carbons (Fsp3) is 0.485. The normalized spacial score (nSPS) is 22.4. The summed E-state index contributed by atoms with van der Waals surface area (Å²) in [5.74, 6) is -3.07. The standard InChI is InChI=1S/C33H40F3N5O5/c1-4-45-14-13-41(19-42)30-26-29(39-32(40-30)46-18-33-10-5-7-25(33)37-12-6-11-33)27(36)28(38-31(26)44-3)20(2)15-22(43)16-21-8-9-23(34)24(35)17-21/h8-9,15-16,25,37,42-43H,2,4-7,10-14,17-19H2,1,3H3/b21-16-,22-15+. The number of methoxy groups -OCH3 is 1. The predicted octanol–water partition coefficient (Wildman–Crippen LogP) is 5.76. The maximum atomic E-state index is 16.4. The molecule has 2 aliphatic carbocycles. The Labute approximate surface area is 266 Å². The Morgan fingerprint density at radius 3 is 2.74 bits per heavy atom. The molecule has 1 saturated carbocycles. The molecule has 248 valence electrons. The molecule has 10 nitrogen and oxygen atoms in total. The van der Waals surface area contributed by atoms with E-state index in [1.807, 2.05) is 6.92 Å². The van der Waals surface area contributed by atoms with E-state index in [2.05, 4.69) is 26.8 Å². The van der Waals surface area contributed by atoms with Crippen LogP contribution in [0.1, 0.15) is 51.1 Å². The van der Waals surface area contributed by atoms with Crippen LogP contribution in [-0.4, -0.2) is 78.0 Å². The highest BCUT2D eigenvalue weighted by atomic mass is 19.2. The second-order valence-electron chi connectivity index (χ2n) is 11.7. The molecule has 0 spiro atoms. The van der Waals surface area contributed by atoms with Gasteiger partial charge in [0.25, 0.3) is 0 Å². The number of aliphatic hydroxyl groups is 2. The maximum Gasteiger partial charge on any atom is 0.319 e. The third kappa shape index (κ3) is 7.06. The second kappa shape index (κ2) is 14.7. The minimum absolute atomic E-state index is 0.0343. The molecule has 3 heterocycles. The van der Waals surface area contributed by atoms with Crippen LogP contribution < -0.4 is 19.7 Å². The second-order valence-corrected chi connectivity index (χ2v) is 11.7. The van der Waals surface area contributed by atoms with Crippen LogP contribution in [0.15, 0.2) is 53.9 Å². The number of hydrogen-bond acceptors (Lipinski definition) is 10. The van der Waals surface area contributed by atoms with Crippen molar-refractivity contribution in [2.75, 3.05) is 51.7 Å². The molecule has 2 fully saturated rings. The lowest BCUT2D eigenvalue weighted by atomic mass is 9.76. The van der Waals surface area contributed by atoms with E-state index < -0.39 is 24.2 Å². The fourth-order valence-corrected chi connectivity index (χ4v) is 6.42. The average Bonchev–Trinajstić information content (AvgIpc) is 3.48. The van der Waals surface area contributed by atoms with Crippen LogP contribution in [0.3, 0.4) is 0 Å². The lowest BCUT2D eigenvalue weighted by Crippen LogP contribution is -2.49. The zero-order valence-electron chi connectivity index (χ0n) is 26.1. The van der Waals surface area contributed by atoms with Crippen molar-refractivity contribution in [3.8, 4) is 11.9 Å². The number of nitrogens with zero attached hydrogens (tertiary/aromatic N) is 4. The third-order valence-corrected chi connectivity index (χ3v) is 8.75. The van der Waals surface area contributed by atoms with Crippen LogP contribution in [-0.2, 0) is 4.74 Å². The number of fused-ring (bicyclic) bond motifs is 2. The summed E-state index contributed by atoms with van der Waals surface area (Å²) < 4.78 is 60.8. The summed E-state index contributed by atoms with van der Waals surface area (Å²) in [6, 6.07) is 0.253. The number of aliphatic hydroxyl groups excluding tert-OH is 2. The summed E-state index contributed by atoms with van der Waals surface area (Å²) in [6.45, 7) is 7.53. The average molecular weight is 644 g/mol. The summed E-state index contributed by atoms with van der Waals surface area (Å²) in [4.78, 5) is 14.9. The van der Waals surface area contributed by atoms with Gasteiger partial charge in [-0.15, -0.1) is 0 Å². The van der Waals surface area contributed by atoms with Gasteiger partial charge in [-0.1, -0.05) is 19.1 Å². The van der Waals surface area contributed by atoms with E-state index in [9.17, 15) is 19.0 Å². The molecule has 3 N–H and O–H groups in total. The molecule has 1 saturated heterocycles. The molecule has 2 aromatic rings. The van der Waals surface area contributed by atoms with Gasteiger partial charge in [-0.05, 0) is 68.5 Å². The van der Waals surface area contributed by atoms with Crippen molar-refractivity contribution in [3.63, 3.8) is 0 Å². The molecular formula is C33H40F3N5O5. The number of ether oxygens (including phenoxy) is 3. The molecule has 13 heteroatoms. The SMILES string of the molecule is C=C(/C=C(O)\C=C1\C=CC(F)=C(F)C1)c1nc(OC)c2c(N(CO)CCOCC)nc(OCC34CCCNC3CCC4)nc2c1F. The van der Waals surface area contributed by atoms with Crippen molar-refractivity contribution in [1.82, 2.24) is 20.3 Å². The van der Waals surface area contributed by atoms with Gasteiger partial charge in [-0.2, -0.15) is 9.97 Å². The van der Waals surface area contributed by atoms with Crippen molar-refractivity contribution in [2.24, 2.45) is 5.41 Å². The molecule has 1 aliphatic heterocycles. The number of aromatic nitrogens is 3. The van der Waals surface area contributed by atoms with Crippen LogP contribution in [0, 0.1) is 11.2 Å². The maximum absolute atomic E-state index is 16.4. The Hall–Kier alpha value is -3.94. The highest BCUT2D eigenvalue weighted by Gasteiger charge is 2.45. The molecule has 5 rings (SSSR count). The number of pyridine rings is 1. The van der Waals surface area contributed by atoms with Gasteiger partial charge in [0, 0.05) is 31.0 Å². The molecule has 0 bridgehead atoms. The van der Waals surface area contributed by atoms with Gasteiger partial charge in [-0.25, -0.2) is 18.2 Å². The summed E-state index contributed by atoms with van der Waals surface area (Å²) in [5, 5.41) is 24.6. The summed E-state index contributed by atoms with van der Waals surface area (Å²) in [7, 11) is 1.35. The first-order valence-electron chi connectivity index (χ1n) is 15.5. The van der Waals surface area contributed by atoms with Crippen LogP contribution in [0.25, 0.3) is 16.5 Å². The number of piperidine rings is 1. The molecule has 2 unspecified atom stereocenters. The first kappa shape index (κ1) is 33.4. The van der Waals surface area contributed by atoms with Crippen LogP contribution >= 0.6 is 0 Å². The zero-order chi connectivity index (χ0) is 32.8. The predicted molar refractivity (Wildman–Crippen MR) is 168 cm³/mol. The van der Waals surface area contributed by atoms with Crippen molar-refractivity contribution in [1.29, 1.82) is 0 Å². The van der Waals surface area contributed by atoms with E-state index in [1.165, 1.54) is 24.2 Å². The molecule has 0 aromatic carbocycles. The first-order chi connectivity index (χ1) is 22.2. The minimum Gasteiger partial charge on any atom is -0.508 e. The van der Waals surface area contributed by atoms with Crippen molar-refractivity contribution in [3.05, 3.63) is 65.4 Å². The van der Waals surface area contributed by atoms with E-state index in [-0.39, 0.29) is 70.6 Å². The minimum atomic E-state index is -0.972. The highest BCUT2D eigenvalue weighted by Crippen LogP contribution is 2.45. The number of anilines is 1. The van der Waals surface area contributed by atoms with Crippen molar-refractivity contribution in [2.45, 2.75) is 51.5 Å². The molecule has 0 radical (unpaired) electrons. The van der Waals surface area contributed by atoms with Crippen LogP contribution in [0.4, 0.5) is 19.0 Å². The highest BCUT2D eigenvalue weighted by molar-refractivity contribution is 5.96. The van der Waals surface area contributed by atoms with Crippen LogP contribution in [0.5, 0.6) is 11.9 Å². The third-order valence-electron chi connectivity index (χ3n) is 8.75. The fourth-order valence-electron chi connectivity index (χ4n) is 6.42. The van der Waals surface area contributed by atoms with Gasteiger partial charge in [0.2, 0.25) is 5.88 Å². The topological polar surface area (TPSA) is 122 Å². The number of rotatable bonds is 13. The lowest BCUT2D eigenvalue weighted by molar-refractivity contribution is 0.0798. The van der Waals surface area contributed by atoms with E-state index in [0.717, 1.165) is 50.8 Å². The summed E-state index contributed by atoms with van der Waals surface area (Å²) in [5.41, 5.74) is -0.253. The molecule has 3 aliphatic rings. The lowest BCUT2D eigenvalue weighted by Gasteiger charge is -2.39. The number of nitrogens with one attached hydrogen (secondary N) is 1. The Bertz CT molecular complexity index is 1590. The zero-order valence-corrected chi connectivity index (χ0v) is 26.1. The van der Waals surface area contributed by atoms with Gasteiger partial charge >= 0.3 is 6.01 Å². The summed E-state index contributed by atoms with van der Waals surface area (Å²) in [6.07, 6.45) is 9.49. The first-order valence-corrected chi connectivity index (χ1v) is 15.5. The Morgan fingerprint density at radius 2 is 2.00 bits per heavy atom. The number of allylic oxidation sites excluding steroid dienone is 8. The van der Waals surface area contributed by atoms with Crippen LogP contribution in [0.2, 0.25) is 0 Å². The summed E-state index contributed by atoms with van der Waals surface area (Å²) >= 11 is 0. The molecular weight excluding hydrogens is 603 g/mol. The number of hydrogen-bond donors (Lipinski definition) is 3. The molecule has 46 heavy (non-hydrogen) atoms. The van der Waals surface area contributed by atoms with E-state index in [4.69, 9.17) is 14.2 Å². The monoisotopic (exact) mass is 643 g/mol. The van der Waals surface area contributed by atoms with Crippen molar-refractivity contribution < 1.29 is 37.6 Å². The van der Waals surface area contributed by atoms with Gasteiger partial charge < -0.3 is 34.6 Å². The molecule has 2 aromatic heterocycles. The Morgan fingerprint density at radius 1 is 1.20 bits per heavy atom. The quantitative estimate of drug-likeness (QED) is 0.108. The molecule has 0 amide bonds. The van der Waals surface area contributed by atoms with Crippen molar-refractivity contribution >= 4 is 22.3 Å². The Kier molecular flexibility index (Phi) is 10.6. The van der Waals surface area contributed by atoms with Gasteiger partial charge in [-0.3, -0.25) is 0 Å². The smallest absolute Gasteiger partial charge is 0.319 e. The Balaban J connectivity index is 1.55. The van der Waals surface area contributed by atoms with E-state index in [1.54, 1.807) is 0 Å². The van der Waals surface area contributed by atoms with E-state index >= 15 is 4.39 Å². The largest absolute Gasteiger partial charge is 0.508 e. The van der Waals surface area contributed by atoms with Gasteiger partial charge in [0.15, 0.2) is 17.5 Å². The number of halogens is 3.